The second-order valence-electron chi connectivity index (χ2n) is 4.38. The van der Waals surface area contributed by atoms with E-state index in [1.807, 2.05) is 19.1 Å². The number of benzene rings is 2. The van der Waals surface area contributed by atoms with Crippen molar-refractivity contribution in [1.82, 2.24) is 0 Å². The Morgan fingerprint density at radius 1 is 1.20 bits per heavy atom. The summed E-state index contributed by atoms with van der Waals surface area (Å²) in [6, 6.07) is 9.53. The minimum absolute atomic E-state index is 0.0273. The minimum atomic E-state index is -0.518. The molecule has 0 saturated heterocycles. The lowest BCUT2D eigenvalue weighted by atomic mass is 10.1. The van der Waals surface area contributed by atoms with Gasteiger partial charge in [0.25, 0.3) is 5.91 Å². The van der Waals surface area contributed by atoms with Crippen molar-refractivity contribution < 1.29 is 9.18 Å². The van der Waals surface area contributed by atoms with Gasteiger partial charge in [0.2, 0.25) is 0 Å². The summed E-state index contributed by atoms with van der Waals surface area (Å²) in [5.41, 5.74) is 2.74. The second-order valence-corrected chi connectivity index (χ2v) is 4.79. The number of carbonyl (C=O) groups excluding carboxylic acids is 1. The lowest BCUT2D eigenvalue weighted by Crippen LogP contribution is -2.14. The molecule has 2 aromatic carbocycles. The fourth-order valence-electron chi connectivity index (χ4n) is 1.84. The molecule has 2 aromatic rings. The maximum atomic E-state index is 13.1. The minimum Gasteiger partial charge on any atom is -0.387 e. The summed E-state index contributed by atoms with van der Waals surface area (Å²) >= 11 is 5.68. The molecular weight excluding hydrogens is 279 g/mol. The highest BCUT2D eigenvalue weighted by atomic mass is 35.5. The van der Waals surface area contributed by atoms with Gasteiger partial charge in [-0.15, -0.1) is 0 Å². The number of amides is 1. The molecule has 0 aliphatic heterocycles. The Morgan fingerprint density at radius 3 is 2.60 bits per heavy atom. The zero-order valence-electron chi connectivity index (χ0n) is 11.1. The lowest BCUT2D eigenvalue weighted by Gasteiger charge is -2.11. The van der Waals surface area contributed by atoms with Crippen LogP contribution in [0.25, 0.3) is 0 Å². The largest absolute Gasteiger partial charge is 0.387 e. The van der Waals surface area contributed by atoms with Crippen molar-refractivity contribution in [3.8, 4) is 0 Å². The molecule has 0 bridgehead atoms. The molecule has 20 heavy (non-hydrogen) atoms. The van der Waals surface area contributed by atoms with Gasteiger partial charge in [0.15, 0.2) is 0 Å². The van der Waals surface area contributed by atoms with E-state index in [1.165, 1.54) is 18.2 Å². The fraction of sp³-hybridized carbons (Fsp3) is 0.133. The van der Waals surface area contributed by atoms with Crippen LogP contribution in [-0.2, 0) is 0 Å². The molecule has 2 N–H and O–H groups in total. The van der Waals surface area contributed by atoms with Crippen LogP contribution in [0, 0.1) is 12.7 Å². The van der Waals surface area contributed by atoms with Crippen LogP contribution < -0.4 is 10.6 Å². The monoisotopic (exact) mass is 292 g/mol. The topological polar surface area (TPSA) is 41.1 Å². The molecule has 3 nitrogen and oxygen atoms in total. The van der Waals surface area contributed by atoms with Gasteiger partial charge < -0.3 is 10.6 Å². The second kappa shape index (κ2) is 5.92. The number of hydrogen-bond acceptors (Lipinski definition) is 2. The lowest BCUT2D eigenvalue weighted by molar-refractivity contribution is 0.102. The van der Waals surface area contributed by atoms with E-state index in [9.17, 15) is 9.18 Å². The molecule has 0 heterocycles. The Balaban J connectivity index is 2.25. The van der Waals surface area contributed by atoms with Crippen LogP contribution in [0.5, 0.6) is 0 Å². The van der Waals surface area contributed by atoms with Crippen molar-refractivity contribution in [3.05, 3.63) is 58.4 Å². The Bertz CT molecular complexity index is 658. The molecule has 0 aromatic heterocycles. The van der Waals surface area contributed by atoms with E-state index >= 15 is 0 Å². The van der Waals surface area contributed by atoms with E-state index in [0.29, 0.717) is 11.3 Å². The highest BCUT2D eigenvalue weighted by Crippen LogP contribution is 2.22. The van der Waals surface area contributed by atoms with Gasteiger partial charge in [-0.1, -0.05) is 17.7 Å². The van der Waals surface area contributed by atoms with Crippen molar-refractivity contribution >= 4 is 28.9 Å². The van der Waals surface area contributed by atoms with Crippen LogP contribution >= 0.6 is 11.6 Å². The third-order valence-corrected chi connectivity index (χ3v) is 3.16. The number of anilines is 2. The van der Waals surface area contributed by atoms with Crippen LogP contribution in [-0.4, -0.2) is 13.0 Å². The molecule has 5 heteroatoms. The van der Waals surface area contributed by atoms with E-state index in [2.05, 4.69) is 10.6 Å². The average Bonchev–Trinajstić information content (AvgIpc) is 2.42. The van der Waals surface area contributed by atoms with Crippen LogP contribution in [0.2, 0.25) is 5.02 Å². The van der Waals surface area contributed by atoms with Crippen LogP contribution in [0.1, 0.15) is 15.9 Å². The number of hydrogen-bond donors (Lipinski definition) is 2. The van der Waals surface area contributed by atoms with Crippen LogP contribution in [0.3, 0.4) is 0 Å². The third kappa shape index (κ3) is 3.08. The number of rotatable bonds is 3. The van der Waals surface area contributed by atoms with Gasteiger partial charge >= 0.3 is 0 Å². The summed E-state index contributed by atoms with van der Waals surface area (Å²) < 4.78 is 13.1. The average molecular weight is 293 g/mol. The number of carbonyl (C=O) groups is 1. The molecule has 1 amide bonds. The van der Waals surface area contributed by atoms with Crippen molar-refractivity contribution in [2.45, 2.75) is 6.92 Å². The maximum absolute atomic E-state index is 13.1. The van der Waals surface area contributed by atoms with E-state index in [0.717, 1.165) is 11.3 Å². The first-order valence-corrected chi connectivity index (χ1v) is 6.44. The first-order chi connectivity index (χ1) is 9.51. The first-order valence-electron chi connectivity index (χ1n) is 6.06. The van der Waals surface area contributed by atoms with Gasteiger partial charge in [0.1, 0.15) is 5.82 Å². The van der Waals surface area contributed by atoms with Gasteiger partial charge in [0, 0.05) is 18.4 Å². The summed E-state index contributed by atoms with van der Waals surface area (Å²) in [5, 5.41) is 5.64. The van der Waals surface area contributed by atoms with Gasteiger partial charge in [-0.2, -0.15) is 0 Å². The molecule has 0 atom stereocenters. The summed E-state index contributed by atoms with van der Waals surface area (Å²) in [4.78, 5) is 12.2. The molecule has 0 spiro atoms. The highest BCUT2D eigenvalue weighted by Gasteiger charge is 2.12. The van der Waals surface area contributed by atoms with Gasteiger partial charge in [-0.25, -0.2) is 4.39 Å². The molecule has 0 fully saturated rings. The number of aryl methyl sites for hydroxylation is 1. The van der Waals surface area contributed by atoms with Gasteiger partial charge in [-0.3, -0.25) is 4.79 Å². The maximum Gasteiger partial charge on any atom is 0.257 e. The normalized spacial score (nSPS) is 10.2. The number of halogens is 2. The zero-order chi connectivity index (χ0) is 14.7. The summed E-state index contributed by atoms with van der Waals surface area (Å²) in [6.07, 6.45) is 0. The quantitative estimate of drug-likeness (QED) is 0.895. The Labute approximate surface area is 121 Å². The predicted octanol–water partition coefficient (Wildman–Crippen LogP) is 4.08. The SMILES string of the molecule is CNc1cc(C)ccc1C(=O)Nc1ccc(F)c(Cl)c1. The molecule has 0 unspecified atom stereocenters. The van der Waals surface area contributed by atoms with Crippen LogP contribution in [0.4, 0.5) is 15.8 Å². The summed E-state index contributed by atoms with van der Waals surface area (Å²) in [6.45, 7) is 1.95. The Hall–Kier alpha value is -2.07. The third-order valence-electron chi connectivity index (χ3n) is 2.87. The first kappa shape index (κ1) is 14.3. The molecule has 0 saturated carbocycles. The number of nitrogens with one attached hydrogen (secondary N) is 2. The zero-order valence-corrected chi connectivity index (χ0v) is 11.9. The van der Waals surface area contributed by atoms with Crippen molar-refractivity contribution in [3.63, 3.8) is 0 Å². The molecule has 0 radical (unpaired) electrons. The highest BCUT2D eigenvalue weighted by molar-refractivity contribution is 6.31. The summed E-state index contributed by atoms with van der Waals surface area (Å²) in [7, 11) is 1.75. The predicted molar refractivity (Wildman–Crippen MR) is 80.1 cm³/mol. The molecule has 2 rings (SSSR count). The van der Waals surface area contributed by atoms with Crippen molar-refractivity contribution in [2.75, 3.05) is 17.7 Å². The Morgan fingerprint density at radius 2 is 1.95 bits per heavy atom. The summed E-state index contributed by atoms with van der Waals surface area (Å²) in [5.74, 6) is -0.798. The van der Waals surface area contributed by atoms with Crippen LogP contribution in [0.15, 0.2) is 36.4 Å². The Kier molecular flexibility index (Phi) is 4.25. The molecule has 0 aliphatic carbocycles. The van der Waals surface area contributed by atoms with Gasteiger partial charge in [-0.05, 0) is 42.8 Å². The van der Waals surface area contributed by atoms with Gasteiger partial charge in [0.05, 0.1) is 10.6 Å². The fourth-order valence-corrected chi connectivity index (χ4v) is 2.02. The van der Waals surface area contributed by atoms with E-state index < -0.39 is 5.82 Å². The van der Waals surface area contributed by atoms with E-state index in [4.69, 9.17) is 11.6 Å². The molecule has 104 valence electrons. The van der Waals surface area contributed by atoms with Crippen molar-refractivity contribution in [1.29, 1.82) is 0 Å². The van der Waals surface area contributed by atoms with E-state index in [1.54, 1.807) is 13.1 Å². The molecular formula is C15H14ClFN2O. The standard InChI is InChI=1S/C15H14ClFN2O/c1-9-3-5-11(14(7-9)18-2)15(20)19-10-4-6-13(17)12(16)8-10/h3-8,18H,1-2H3,(H,19,20). The molecule has 0 aliphatic rings. The van der Waals surface area contributed by atoms with E-state index in [-0.39, 0.29) is 10.9 Å². The smallest absolute Gasteiger partial charge is 0.257 e. The van der Waals surface area contributed by atoms with Crippen molar-refractivity contribution in [2.24, 2.45) is 0 Å².